The average Bonchev–Trinajstić information content (AvgIpc) is 3.23. The summed E-state index contributed by atoms with van der Waals surface area (Å²) < 4.78 is 5.73. The predicted molar refractivity (Wildman–Crippen MR) is 81.5 cm³/mol. The Bertz CT molecular complexity index is 657. The van der Waals surface area contributed by atoms with Crippen molar-refractivity contribution in [1.29, 1.82) is 0 Å². The van der Waals surface area contributed by atoms with Crippen molar-refractivity contribution in [2.24, 2.45) is 0 Å². The summed E-state index contributed by atoms with van der Waals surface area (Å²) in [6.45, 7) is 2.95. The number of benzene rings is 1. The van der Waals surface area contributed by atoms with E-state index in [1.165, 1.54) is 0 Å². The lowest BCUT2D eigenvalue weighted by Crippen LogP contribution is -2.47. The highest BCUT2D eigenvalue weighted by Gasteiger charge is 2.37. The Morgan fingerprint density at radius 3 is 3.09 bits per heavy atom. The van der Waals surface area contributed by atoms with Gasteiger partial charge in [-0.3, -0.25) is 9.89 Å². The number of hydrogen-bond donors (Lipinski definition) is 2. The third-order valence-corrected chi connectivity index (χ3v) is 4.34. The second-order valence-corrected chi connectivity index (χ2v) is 5.75. The standard InChI is InChI=1S/C16H18N4O2/c21-16(20-9-14-15(10-20)22-5-4-17-14)12-3-1-2-11(6-12)13-7-18-19-8-13/h1-3,6-8,14-15,17H,4-5,9-10H2,(H,18,19)/t14-,15-/m0/s1. The number of likely N-dealkylation sites (tertiary alicyclic amines) is 1. The molecule has 114 valence electrons. The summed E-state index contributed by atoms with van der Waals surface area (Å²) in [5, 5.41) is 10.2. The van der Waals surface area contributed by atoms with Crippen LogP contribution in [-0.2, 0) is 4.74 Å². The number of ether oxygens (including phenoxy) is 1. The van der Waals surface area contributed by atoms with Gasteiger partial charge in [0.2, 0.25) is 0 Å². The first-order valence-corrected chi connectivity index (χ1v) is 7.55. The van der Waals surface area contributed by atoms with E-state index in [1.807, 2.05) is 35.4 Å². The fourth-order valence-electron chi connectivity index (χ4n) is 3.18. The highest BCUT2D eigenvalue weighted by Crippen LogP contribution is 2.22. The van der Waals surface area contributed by atoms with Crippen LogP contribution in [0.1, 0.15) is 10.4 Å². The van der Waals surface area contributed by atoms with Gasteiger partial charge in [0.25, 0.3) is 5.91 Å². The average molecular weight is 298 g/mol. The Labute approximate surface area is 128 Å². The highest BCUT2D eigenvalue weighted by molar-refractivity contribution is 5.95. The summed E-state index contributed by atoms with van der Waals surface area (Å²) >= 11 is 0. The van der Waals surface area contributed by atoms with Gasteiger partial charge in [-0.15, -0.1) is 0 Å². The maximum Gasteiger partial charge on any atom is 0.254 e. The molecule has 1 amide bonds. The van der Waals surface area contributed by atoms with E-state index in [0.717, 1.165) is 24.3 Å². The molecule has 2 aliphatic rings. The van der Waals surface area contributed by atoms with E-state index >= 15 is 0 Å². The molecule has 0 spiro atoms. The molecule has 2 saturated heterocycles. The van der Waals surface area contributed by atoms with Crippen molar-refractivity contribution in [3.63, 3.8) is 0 Å². The molecule has 0 radical (unpaired) electrons. The number of fused-ring (bicyclic) bond motifs is 1. The van der Waals surface area contributed by atoms with Crippen LogP contribution in [0.3, 0.4) is 0 Å². The van der Waals surface area contributed by atoms with Crippen LogP contribution >= 0.6 is 0 Å². The minimum absolute atomic E-state index is 0.0603. The normalized spacial score (nSPS) is 24.3. The summed E-state index contributed by atoms with van der Waals surface area (Å²) in [6, 6.07) is 7.93. The van der Waals surface area contributed by atoms with Gasteiger partial charge >= 0.3 is 0 Å². The quantitative estimate of drug-likeness (QED) is 0.864. The van der Waals surface area contributed by atoms with Crippen molar-refractivity contribution in [2.75, 3.05) is 26.2 Å². The number of nitrogens with one attached hydrogen (secondary N) is 2. The van der Waals surface area contributed by atoms with Crippen LogP contribution in [0.4, 0.5) is 0 Å². The Balaban J connectivity index is 1.54. The zero-order chi connectivity index (χ0) is 14.9. The van der Waals surface area contributed by atoms with Crippen molar-refractivity contribution < 1.29 is 9.53 Å². The van der Waals surface area contributed by atoms with Gasteiger partial charge in [0.15, 0.2) is 0 Å². The van der Waals surface area contributed by atoms with Gasteiger partial charge in [-0.1, -0.05) is 12.1 Å². The third-order valence-electron chi connectivity index (χ3n) is 4.34. The molecule has 2 fully saturated rings. The van der Waals surface area contributed by atoms with Gasteiger partial charge in [-0.2, -0.15) is 5.10 Å². The molecule has 4 rings (SSSR count). The molecule has 2 aromatic rings. The Kier molecular flexibility index (Phi) is 3.40. The molecule has 6 heteroatoms. The van der Waals surface area contributed by atoms with Crippen LogP contribution in [0.15, 0.2) is 36.7 Å². The Morgan fingerprint density at radius 1 is 1.32 bits per heavy atom. The minimum atomic E-state index is 0.0603. The number of H-pyrrole nitrogens is 1. The lowest BCUT2D eigenvalue weighted by molar-refractivity contribution is 0.0176. The molecule has 3 heterocycles. The first-order valence-electron chi connectivity index (χ1n) is 7.55. The number of rotatable bonds is 2. The molecule has 0 saturated carbocycles. The van der Waals surface area contributed by atoms with Crippen LogP contribution < -0.4 is 5.32 Å². The maximum atomic E-state index is 12.7. The van der Waals surface area contributed by atoms with Gasteiger partial charge in [-0.05, 0) is 17.7 Å². The number of carbonyl (C=O) groups is 1. The molecule has 0 bridgehead atoms. The Hall–Kier alpha value is -2.18. The molecule has 1 aromatic carbocycles. The third kappa shape index (κ3) is 2.40. The zero-order valence-corrected chi connectivity index (χ0v) is 12.2. The van der Waals surface area contributed by atoms with E-state index in [4.69, 9.17) is 4.74 Å². The van der Waals surface area contributed by atoms with Crippen LogP contribution in [0.2, 0.25) is 0 Å². The smallest absolute Gasteiger partial charge is 0.254 e. The number of nitrogens with zero attached hydrogens (tertiary/aromatic N) is 2. The topological polar surface area (TPSA) is 70.2 Å². The summed E-state index contributed by atoms with van der Waals surface area (Å²) in [4.78, 5) is 14.6. The first kappa shape index (κ1) is 13.5. The number of carbonyl (C=O) groups excluding carboxylic acids is 1. The van der Waals surface area contributed by atoms with Crippen molar-refractivity contribution in [1.82, 2.24) is 20.4 Å². The fourth-order valence-corrected chi connectivity index (χ4v) is 3.18. The molecule has 1 aromatic heterocycles. The first-order chi connectivity index (χ1) is 10.8. The van der Waals surface area contributed by atoms with E-state index in [9.17, 15) is 4.79 Å². The molecule has 2 atom stereocenters. The molecule has 6 nitrogen and oxygen atoms in total. The van der Waals surface area contributed by atoms with E-state index in [1.54, 1.807) is 6.20 Å². The molecule has 0 aliphatic carbocycles. The van der Waals surface area contributed by atoms with E-state index in [-0.39, 0.29) is 18.1 Å². The van der Waals surface area contributed by atoms with Gasteiger partial charge in [0.05, 0.1) is 24.9 Å². The lowest BCUT2D eigenvalue weighted by Gasteiger charge is -2.25. The van der Waals surface area contributed by atoms with Crippen LogP contribution in [0, 0.1) is 0 Å². The van der Waals surface area contributed by atoms with Gasteiger partial charge in [-0.25, -0.2) is 0 Å². The number of aromatic nitrogens is 2. The summed E-state index contributed by atoms with van der Waals surface area (Å²) in [7, 11) is 0. The van der Waals surface area contributed by atoms with Crippen LogP contribution in [-0.4, -0.2) is 59.4 Å². The van der Waals surface area contributed by atoms with E-state index < -0.39 is 0 Å². The van der Waals surface area contributed by atoms with E-state index in [0.29, 0.717) is 18.7 Å². The highest BCUT2D eigenvalue weighted by atomic mass is 16.5. The molecule has 2 aliphatic heterocycles. The number of amides is 1. The second-order valence-electron chi connectivity index (χ2n) is 5.75. The second kappa shape index (κ2) is 5.55. The fraction of sp³-hybridized carbons (Fsp3) is 0.375. The van der Waals surface area contributed by atoms with Crippen molar-refractivity contribution in [3.8, 4) is 11.1 Å². The maximum absolute atomic E-state index is 12.7. The summed E-state index contributed by atoms with van der Waals surface area (Å²) in [6.07, 6.45) is 3.70. The molecule has 22 heavy (non-hydrogen) atoms. The van der Waals surface area contributed by atoms with Gasteiger partial charge in [0, 0.05) is 37.0 Å². The Morgan fingerprint density at radius 2 is 2.27 bits per heavy atom. The summed E-state index contributed by atoms with van der Waals surface area (Å²) in [5.41, 5.74) is 2.68. The van der Waals surface area contributed by atoms with Gasteiger partial charge < -0.3 is 15.0 Å². The molecular weight excluding hydrogens is 280 g/mol. The molecular formula is C16H18N4O2. The van der Waals surface area contributed by atoms with Crippen molar-refractivity contribution >= 4 is 5.91 Å². The zero-order valence-electron chi connectivity index (χ0n) is 12.2. The number of hydrogen-bond acceptors (Lipinski definition) is 4. The SMILES string of the molecule is O=C(c1cccc(-c2cn[nH]c2)c1)N1C[C@@H]2NCCO[C@H]2C1. The minimum Gasteiger partial charge on any atom is -0.373 e. The number of aromatic amines is 1. The summed E-state index contributed by atoms with van der Waals surface area (Å²) in [5.74, 6) is 0.0603. The molecule has 0 unspecified atom stereocenters. The number of morpholine rings is 1. The molecule has 2 N–H and O–H groups in total. The van der Waals surface area contributed by atoms with Crippen molar-refractivity contribution in [2.45, 2.75) is 12.1 Å². The monoisotopic (exact) mass is 298 g/mol. The van der Waals surface area contributed by atoms with Crippen LogP contribution in [0.5, 0.6) is 0 Å². The van der Waals surface area contributed by atoms with Gasteiger partial charge in [0.1, 0.15) is 0 Å². The largest absolute Gasteiger partial charge is 0.373 e. The predicted octanol–water partition coefficient (Wildman–Crippen LogP) is 0.889. The van der Waals surface area contributed by atoms with Crippen LogP contribution in [0.25, 0.3) is 11.1 Å². The van der Waals surface area contributed by atoms with Crippen molar-refractivity contribution in [3.05, 3.63) is 42.2 Å². The lowest BCUT2D eigenvalue weighted by atomic mass is 10.1. The van der Waals surface area contributed by atoms with E-state index in [2.05, 4.69) is 15.5 Å².